The predicted octanol–water partition coefficient (Wildman–Crippen LogP) is 0.0419. The van der Waals surface area contributed by atoms with Crippen LogP contribution in [0.15, 0.2) is 4.99 Å². The molecule has 1 saturated heterocycles. The SMILES string of the molecule is CCOCCCN=C(NN)N1CCSCC1S(=O)(=O)CC. The Kier molecular flexibility index (Phi) is 8.38. The van der Waals surface area contributed by atoms with Crippen molar-refractivity contribution in [3.63, 3.8) is 0 Å². The van der Waals surface area contributed by atoms with Crippen molar-refractivity contribution in [2.45, 2.75) is 25.6 Å². The van der Waals surface area contributed by atoms with Crippen LogP contribution in [0.4, 0.5) is 0 Å². The van der Waals surface area contributed by atoms with Gasteiger partial charge in [0.15, 0.2) is 9.84 Å². The van der Waals surface area contributed by atoms with Crippen LogP contribution in [-0.2, 0) is 14.6 Å². The van der Waals surface area contributed by atoms with Gasteiger partial charge in [-0.05, 0) is 13.3 Å². The maximum atomic E-state index is 12.2. The third-order valence-corrected chi connectivity index (χ3v) is 6.50. The molecule has 9 heteroatoms. The number of thioether (sulfide) groups is 1. The minimum atomic E-state index is -3.16. The number of nitrogens with zero attached hydrogens (tertiary/aromatic N) is 2. The zero-order chi connectivity index (χ0) is 15.7. The third kappa shape index (κ3) is 5.65. The van der Waals surface area contributed by atoms with Crippen LogP contribution in [0, 0.1) is 0 Å². The molecule has 21 heavy (non-hydrogen) atoms. The smallest absolute Gasteiger partial charge is 0.209 e. The second-order valence-corrected chi connectivity index (χ2v) is 8.17. The predicted molar refractivity (Wildman–Crippen MR) is 88.0 cm³/mol. The van der Waals surface area contributed by atoms with E-state index in [4.69, 9.17) is 10.6 Å². The summed E-state index contributed by atoms with van der Waals surface area (Å²) in [5.74, 6) is 7.53. The molecule has 0 amide bonds. The highest BCUT2D eigenvalue weighted by Gasteiger charge is 2.34. The third-order valence-electron chi connectivity index (χ3n) is 3.22. The summed E-state index contributed by atoms with van der Waals surface area (Å²) < 4.78 is 29.7. The summed E-state index contributed by atoms with van der Waals surface area (Å²) in [7, 11) is -3.16. The Bertz CT molecular complexity index is 428. The number of nitrogens with two attached hydrogens (primary N) is 1. The molecule has 0 saturated carbocycles. The van der Waals surface area contributed by atoms with Crippen LogP contribution >= 0.6 is 11.8 Å². The van der Waals surface area contributed by atoms with E-state index in [-0.39, 0.29) is 5.75 Å². The second-order valence-electron chi connectivity index (χ2n) is 4.57. The van der Waals surface area contributed by atoms with Gasteiger partial charge in [0.2, 0.25) is 5.96 Å². The van der Waals surface area contributed by atoms with Crippen molar-refractivity contribution in [2.75, 3.05) is 43.6 Å². The van der Waals surface area contributed by atoms with Crippen molar-refractivity contribution in [1.29, 1.82) is 0 Å². The summed E-state index contributed by atoms with van der Waals surface area (Å²) in [6, 6.07) is 0. The number of ether oxygens (including phenoxy) is 1. The van der Waals surface area contributed by atoms with Crippen molar-refractivity contribution in [3.8, 4) is 0 Å². The van der Waals surface area contributed by atoms with Crippen LogP contribution in [0.1, 0.15) is 20.3 Å². The van der Waals surface area contributed by atoms with Crippen LogP contribution in [0.5, 0.6) is 0 Å². The largest absolute Gasteiger partial charge is 0.382 e. The Morgan fingerprint density at radius 1 is 1.52 bits per heavy atom. The fourth-order valence-electron chi connectivity index (χ4n) is 2.03. The average molecular weight is 338 g/mol. The van der Waals surface area contributed by atoms with Gasteiger partial charge in [-0.15, -0.1) is 0 Å². The first-order valence-electron chi connectivity index (χ1n) is 7.21. The van der Waals surface area contributed by atoms with Crippen LogP contribution in [-0.4, -0.2) is 68.2 Å². The molecule has 0 aromatic carbocycles. The van der Waals surface area contributed by atoms with Gasteiger partial charge in [-0.25, -0.2) is 14.3 Å². The standard InChI is InChI=1S/C12H26N4O3S2/c1-3-19-8-5-6-14-12(15-13)16-7-9-20-10-11(16)21(17,18)4-2/h11H,3-10,13H2,1-2H3,(H,14,15). The van der Waals surface area contributed by atoms with Crippen LogP contribution in [0.25, 0.3) is 0 Å². The van der Waals surface area contributed by atoms with E-state index in [0.717, 1.165) is 12.2 Å². The minimum absolute atomic E-state index is 0.122. The molecule has 124 valence electrons. The van der Waals surface area contributed by atoms with E-state index < -0.39 is 15.2 Å². The molecule has 1 atom stereocenters. The Morgan fingerprint density at radius 3 is 2.90 bits per heavy atom. The van der Waals surface area contributed by atoms with E-state index in [1.54, 1.807) is 23.6 Å². The summed E-state index contributed by atoms with van der Waals surface area (Å²) in [5, 5.41) is -0.553. The molecule has 0 spiro atoms. The molecular weight excluding hydrogens is 312 g/mol. The lowest BCUT2D eigenvalue weighted by molar-refractivity contribution is 0.146. The first-order valence-corrected chi connectivity index (χ1v) is 10.1. The first-order chi connectivity index (χ1) is 10.1. The normalized spacial score (nSPS) is 20.6. The Hall–Kier alpha value is -0.510. The topological polar surface area (TPSA) is 97.0 Å². The fourth-order valence-corrected chi connectivity index (χ4v) is 5.00. The number of nitrogens with one attached hydrogen (secondary N) is 1. The lowest BCUT2D eigenvalue weighted by atomic mass is 10.4. The summed E-state index contributed by atoms with van der Waals surface area (Å²) in [6.45, 7) is 6.13. The van der Waals surface area contributed by atoms with Gasteiger partial charge >= 0.3 is 0 Å². The Balaban J connectivity index is 2.73. The van der Waals surface area contributed by atoms with E-state index in [1.165, 1.54) is 0 Å². The van der Waals surface area contributed by atoms with E-state index >= 15 is 0 Å². The zero-order valence-electron chi connectivity index (χ0n) is 12.7. The van der Waals surface area contributed by atoms with E-state index in [2.05, 4.69) is 10.4 Å². The van der Waals surface area contributed by atoms with E-state index in [9.17, 15) is 8.42 Å². The summed E-state index contributed by atoms with van der Waals surface area (Å²) in [5.41, 5.74) is 2.55. The molecule has 0 aromatic rings. The van der Waals surface area contributed by atoms with Crippen LogP contribution in [0.3, 0.4) is 0 Å². The molecule has 1 unspecified atom stereocenters. The first kappa shape index (κ1) is 18.5. The highest BCUT2D eigenvalue weighted by molar-refractivity contribution is 8.01. The highest BCUT2D eigenvalue weighted by atomic mass is 32.2. The van der Waals surface area contributed by atoms with E-state index in [1.807, 2.05) is 6.92 Å². The van der Waals surface area contributed by atoms with Gasteiger partial charge in [0.25, 0.3) is 0 Å². The van der Waals surface area contributed by atoms with E-state index in [0.29, 0.717) is 38.0 Å². The monoisotopic (exact) mass is 338 g/mol. The summed E-state index contributed by atoms with van der Waals surface area (Å²) >= 11 is 1.65. The zero-order valence-corrected chi connectivity index (χ0v) is 14.4. The number of aliphatic imine (C=N–C) groups is 1. The van der Waals surface area contributed by atoms with Crippen LogP contribution < -0.4 is 11.3 Å². The number of hydrogen-bond donors (Lipinski definition) is 2. The van der Waals surface area contributed by atoms with Crippen molar-refractivity contribution in [2.24, 2.45) is 10.8 Å². The van der Waals surface area contributed by atoms with Gasteiger partial charge in [-0.2, -0.15) is 11.8 Å². The molecule has 3 N–H and O–H groups in total. The van der Waals surface area contributed by atoms with Gasteiger partial charge in [0.05, 0.1) is 0 Å². The molecule has 7 nitrogen and oxygen atoms in total. The number of sulfone groups is 1. The molecular formula is C12H26N4O3S2. The van der Waals surface area contributed by atoms with Gasteiger partial charge < -0.3 is 9.64 Å². The van der Waals surface area contributed by atoms with Gasteiger partial charge in [0, 0.05) is 43.6 Å². The lowest BCUT2D eigenvalue weighted by Crippen LogP contribution is -2.56. The molecule has 1 aliphatic heterocycles. The average Bonchev–Trinajstić information content (AvgIpc) is 2.51. The molecule has 0 aromatic heterocycles. The molecule has 0 radical (unpaired) electrons. The molecule has 1 rings (SSSR count). The maximum Gasteiger partial charge on any atom is 0.209 e. The molecule has 1 aliphatic rings. The molecule has 0 bridgehead atoms. The minimum Gasteiger partial charge on any atom is -0.382 e. The van der Waals surface area contributed by atoms with Crippen molar-refractivity contribution in [1.82, 2.24) is 10.3 Å². The molecule has 0 aliphatic carbocycles. The van der Waals surface area contributed by atoms with Crippen molar-refractivity contribution >= 4 is 27.6 Å². The quantitative estimate of drug-likeness (QED) is 0.222. The summed E-state index contributed by atoms with van der Waals surface area (Å²) in [4.78, 5) is 6.16. The van der Waals surface area contributed by atoms with Gasteiger partial charge in [-0.1, -0.05) is 6.92 Å². The number of hydrogen-bond acceptors (Lipinski definition) is 6. The van der Waals surface area contributed by atoms with Crippen molar-refractivity contribution < 1.29 is 13.2 Å². The highest BCUT2D eigenvalue weighted by Crippen LogP contribution is 2.21. The number of guanidine groups is 1. The van der Waals surface area contributed by atoms with Crippen LogP contribution in [0.2, 0.25) is 0 Å². The lowest BCUT2D eigenvalue weighted by Gasteiger charge is -2.36. The molecule has 1 heterocycles. The van der Waals surface area contributed by atoms with Gasteiger partial charge in [0.1, 0.15) is 5.37 Å². The van der Waals surface area contributed by atoms with Crippen molar-refractivity contribution in [3.05, 3.63) is 0 Å². The summed E-state index contributed by atoms with van der Waals surface area (Å²) in [6.07, 6.45) is 0.785. The Morgan fingerprint density at radius 2 is 2.29 bits per heavy atom. The number of hydrazine groups is 1. The van der Waals surface area contributed by atoms with Gasteiger partial charge in [-0.3, -0.25) is 10.4 Å². The fraction of sp³-hybridized carbons (Fsp3) is 0.917. The number of rotatable bonds is 7. The second kappa shape index (κ2) is 9.50. The maximum absolute atomic E-state index is 12.2. The molecule has 1 fully saturated rings. The Labute approximate surface area is 131 Å².